The normalized spacial score (nSPS) is 10.6. The molecule has 2 aromatic heterocycles. The third-order valence-corrected chi connectivity index (χ3v) is 3.43. The van der Waals surface area contributed by atoms with Gasteiger partial charge in [-0.25, -0.2) is 14.4 Å². The van der Waals surface area contributed by atoms with Gasteiger partial charge in [-0.2, -0.15) is 0 Å². The predicted octanol–water partition coefficient (Wildman–Crippen LogP) is 4.09. The molecule has 0 radical (unpaired) electrons. The molecule has 3 aromatic rings. The van der Waals surface area contributed by atoms with Crippen LogP contribution in [0.2, 0.25) is 5.02 Å². The quantitative estimate of drug-likeness (QED) is 0.757. The average molecular weight is 331 g/mol. The molecular weight excluding hydrogens is 319 g/mol. The van der Waals surface area contributed by atoms with Crippen LogP contribution >= 0.6 is 11.6 Å². The molecule has 1 aromatic carbocycles. The van der Waals surface area contributed by atoms with Gasteiger partial charge in [0.15, 0.2) is 11.6 Å². The molecule has 0 amide bonds. The van der Waals surface area contributed by atoms with E-state index >= 15 is 0 Å². The number of anilines is 2. The molecule has 0 atom stereocenters. The molecule has 23 heavy (non-hydrogen) atoms. The lowest BCUT2D eigenvalue weighted by atomic mass is 10.2. The Morgan fingerprint density at radius 1 is 1.22 bits per heavy atom. The highest BCUT2D eigenvalue weighted by Gasteiger charge is 2.12. The molecule has 2 N–H and O–H groups in total. The van der Waals surface area contributed by atoms with Crippen LogP contribution in [-0.2, 0) is 0 Å². The van der Waals surface area contributed by atoms with Gasteiger partial charge in [-0.3, -0.25) is 4.98 Å². The van der Waals surface area contributed by atoms with E-state index in [0.717, 1.165) is 5.56 Å². The van der Waals surface area contributed by atoms with Gasteiger partial charge in [0.1, 0.15) is 11.6 Å². The van der Waals surface area contributed by atoms with Crippen molar-refractivity contribution in [2.45, 2.75) is 6.92 Å². The van der Waals surface area contributed by atoms with Gasteiger partial charge >= 0.3 is 0 Å². The summed E-state index contributed by atoms with van der Waals surface area (Å²) in [6, 6.07) is 5.80. The minimum Gasteiger partial charge on any atom is -0.504 e. The standard InChI is InChI=1S/C16H12ClFN4O/c1-9-7-20-16(11-6-10(17)2-3-12(11)18)22-15(9)21-13-4-5-19-8-14(13)23/h2-8,23H,1H3,(H,19,20,21,22). The molecular formula is C16H12ClFN4O. The number of halogens is 2. The maximum absolute atomic E-state index is 14.0. The fourth-order valence-electron chi connectivity index (χ4n) is 1.99. The summed E-state index contributed by atoms with van der Waals surface area (Å²) in [6.45, 7) is 1.80. The first-order valence-electron chi connectivity index (χ1n) is 6.73. The summed E-state index contributed by atoms with van der Waals surface area (Å²) in [5.74, 6) is 0.180. The lowest BCUT2D eigenvalue weighted by molar-refractivity contribution is 0.475. The van der Waals surface area contributed by atoms with Crippen molar-refractivity contribution in [2.75, 3.05) is 5.32 Å². The summed E-state index contributed by atoms with van der Waals surface area (Å²) in [5.41, 5.74) is 1.39. The first-order chi connectivity index (χ1) is 11.0. The summed E-state index contributed by atoms with van der Waals surface area (Å²) in [5, 5.41) is 13.2. The minimum atomic E-state index is -0.462. The number of pyridine rings is 1. The Morgan fingerprint density at radius 2 is 2.04 bits per heavy atom. The van der Waals surface area contributed by atoms with Crippen LogP contribution in [0.4, 0.5) is 15.9 Å². The van der Waals surface area contributed by atoms with Gasteiger partial charge in [-0.05, 0) is 31.2 Å². The van der Waals surface area contributed by atoms with E-state index in [4.69, 9.17) is 11.6 Å². The van der Waals surface area contributed by atoms with E-state index in [1.807, 2.05) is 0 Å². The molecule has 0 aliphatic heterocycles. The highest BCUT2D eigenvalue weighted by Crippen LogP contribution is 2.28. The third kappa shape index (κ3) is 3.22. The van der Waals surface area contributed by atoms with Crippen LogP contribution in [0.3, 0.4) is 0 Å². The molecule has 3 rings (SSSR count). The van der Waals surface area contributed by atoms with E-state index in [1.54, 1.807) is 19.2 Å². The number of nitrogens with one attached hydrogen (secondary N) is 1. The molecule has 0 saturated heterocycles. The Morgan fingerprint density at radius 3 is 2.83 bits per heavy atom. The number of aromatic hydroxyl groups is 1. The van der Waals surface area contributed by atoms with E-state index in [2.05, 4.69) is 20.3 Å². The molecule has 5 nitrogen and oxygen atoms in total. The van der Waals surface area contributed by atoms with Crippen LogP contribution in [0.5, 0.6) is 5.75 Å². The van der Waals surface area contributed by atoms with Crippen molar-refractivity contribution in [2.24, 2.45) is 0 Å². The van der Waals surface area contributed by atoms with Gasteiger partial charge in [0.25, 0.3) is 0 Å². The molecule has 0 saturated carbocycles. The van der Waals surface area contributed by atoms with Gasteiger partial charge < -0.3 is 10.4 Å². The first kappa shape index (κ1) is 15.2. The number of benzene rings is 1. The zero-order valence-corrected chi connectivity index (χ0v) is 12.8. The van der Waals surface area contributed by atoms with Crippen molar-refractivity contribution in [3.63, 3.8) is 0 Å². The van der Waals surface area contributed by atoms with Gasteiger partial charge in [-0.1, -0.05) is 11.6 Å². The zero-order valence-electron chi connectivity index (χ0n) is 12.1. The highest BCUT2D eigenvalue weighted by molar-refractivity contribution is 6.30. The van der Waals surface area contributed by atoms with Crippen LogP contribution in [0.15, 0.2) is 42.9 Å². The van der Waals surface area contributed by atoms with E-state index in [-0.39, 0.29) is 17.1 Å². The third-order valence-electron chi connectivity index (χ3n) is 3.19. The Bertz CT molecular complexity index is 872. The van der Waals surface area contributed by atoms with Gasteiger partial charge in [0.2, 0.25) is 0 Å². The Kier molecular flexibility index (Phi) is 4.08. The second-order valence-electron chi connectivity index (χ2n) is 4.87. The predicted molar refractivity (Wildman–Crippen MR) is 86.4 cm³/mol. The van der Waals surface area contributed by atoms with Crippen molar-refractivity contribution in [3.8, 4) is 17.1 Å². The summed E-state index contributed by atoms with van der Waals surface area (Å²) in [6.07, 6.45) is 4.43. The second-order valence-corrected chi connectivity index (χ2v) is 5.30. The average Bonchev–Trinajstić information content (AvgIpc) is 2.54. The van der Waals surface area contributed by atoms with Gasteiger partial charge in [0.05, 0.1) is 17.4 Å². The molecule has 116 valence electrons. The van der Waals surface area contributed by atoms with Crippen molar-refractivity contribution in [3.05, 3.63) is 59.3 Å². The highest BCUT2D eigenvalue weighted by atomic mass is 35.5. The summed E-state index contributed by atoms with van der Waals surface area (Å²) < 4.78 is 14.0. The fourth-order valence-corrected chi connectivity index (χ4v) is 2.16. The Hall–Kier alpha value is -2.73. The molecule has 0 unspecified atom stereocenters. The maximum atomic E-state index is 14.0. The number of rotatable bonds is 3. The van der Waals surface area contributed by atoms with Crippen molar-refractivity contribution >= 4 is 23.1 Å². The van der Waals surface area contributed by atoms with E-state index < -0.39 is 5.82 Å². The summed E-state index contributed by atoms with van der Waals surface area (Å²) in [4.78, 5) is 12.3. The molecule has 7 heteroatoms. The first-order valence-corrected chi connectivity index (χ1v) is 7.11. The zero-order chi connectivity index (χ0) is 16.4. The van der Waals surface area contributed by atoms with Gasteiger partial charge in [0, 0.05) is 23.0 Å². The van der Waals surface area contributed by atoms with Crippen LogP contribution in [0.25, 0.3) is 11.4 Å². The molecule has 0 aliphatic carbocycles. The van der Waals surface area contributed by atoms with E-state index in [9.17, 15) is 9.50 Å². The monoisotopic (exact) mass is 330 g/mol. The van der Waals surface area contributed by atoms with Crippen molar-refractivity contribution in [1.29, 1.82) is 0 Å². The van der Waals surface area contributed by atoms with Gasteiger partial charge in [-0.15, -0.1) is 0 Å². The Balaban J connectivity index is 2.03. The molecule has 0 spiro atoms. The molecule has 0 aliphatic rings. The lowest BCUT2D eigenvalue weighted by Gasteiger charge is -2.11. The smallest absolute Gasteiger partial charge is 0.164 e. The number of hydrogen-bond acceptors (Lipinski definition) is 5. The largest absolute Gasteiger partial charge is 0.504 e. The fraction of sp³-hybridized carbons (Fsp3) is 0.0625. The van der Waals surface area contributed by atoms with Crippen LogP contribution in [0, 0.1) is 12.7 Å². The van der Waals surface area contributed by atoms with Crippen LogP contribution in [0.1, 0.15) is 5.56 Å². The molecule has 0 bridgehead atoms. The number of hydrogen-bond donors (Lipinski definition) is 2. The summed E-state index contributed by atoms with van der Waals surface area (Å²) >= 11 is 5.91. The topological polar surface area (TPSA) is 70.9 Å². The molecule has 2 heterocycles. The maximum Gasteiger partial charge on any atom is 0.164 e. The summed E-state index contributed by atoms with van der Waals surface area (Å²) in [7, 11) is 0. The van der Waals surface area contributed by atoms with Crippen molar-refractivity contribution < 1.29 is 9.50 Å². The SMILES string of the molecule is Cc1cnc(-c2cc(Cl)ccc2F)nc1Nc1ccncc1O. The Labute approximate surface area is 136 Å². The van der Waals surface area contributed by atoms with E-state index in [0.29, 0.717) is 16.5 Å². The van der Waals surface area contributed by atoms with E-state index in [1.165, 1.54) is 30.6 Å². The van der Waals surface area contributed by atoms with Crippen molar-refractivity contribution in [1.82, 2.24) is 15.0 Å². The number of aryl methyl sites for hydroxylation is 1. The van der Waals surface area contributed by atoms with Crippen LogP contribution in [-0.4, -0.2) is 20.1 Å². The lowest BCUT2D eigenvalue weighted by Crippen LogP contribution is -2.01. The van der Waals surface area contributed by atoms with Crippen LogP contribution < -0.4 is 5.32 Å². The molecule has 0 fully saturated rings. The second kappa shape index (κ2) is 6.18. The number of nitrogens with zero attached hydrogens (tertiary/aromatic N) is 3. The number of aromatic nitrogens is 3. The minimum absolute atomic E-state index is 0.0130.